The molecular weight excluding hydrogens is 224 g/mol. The highest BCUT2D eigenvalue weighted by Gasteiger charge is 2.18. The number of hydrogen-bond donors (Lipinski definition) is 1. The van der Waals surface area contributed by atoms with E-state index in [0.29, 0.717) is 6.04 Å². The van der Waals surface area contributed by atoms with Gasteiger partial charge in [0.25, 0.3) is 0 Å². The first-order valence-corrected chi connectivity index (χ1v) is 6.88. The normalized spacial score (nSPS) is 16.9. The van der Waals surface area contributed by atoms with Crippen LogP contribution in [-0.2, 0) is 0 Å². The molecule has 0 amide bonds. The Balaban J connectivity index is 2.15. The van der Waals surface area contributed by atoms with E-state index in [-0.39, 0.29) is 0 Å². The van der Waals surface area contributed by atoms with E-state index in [1.54, 1.807) is 0 Å². The molecule has 1 fully saturated rings. The van der Waals surface area contributed by atoms with Crippen LogP contribution in [0.25, 0.3) is 0 Å². The molecule has 4 heteroatoms. The maximum atomic E-state index is 4.53. The van der Waals surface area contributed by atoms with Gasteiger partial charge in [0.1, 0.15) is 0 Å². The Kier molecular flexibility index (Phi) is 4.42. The summed E-state index contributed by atoms with van der Waals surface area (Å²) in [5.74, 6) is 1.02. The molecule has 1 N–H and O–H groups in total. The Morgan fingerprint density at radius 2 is 2.00 bits per heavy atom. The van der Waals surface area contributed by atoms with Gasteiger partial charge in [-0.2, -0.15) is 0 Å². The van der Waals surface area contributed by atoms with Crippen LogP contribution in [0.15, 0.2) is 18.3 Å². The minimum atomic E-state index is 0.419. The number of anilines is 2. The minimum Gasteiger partial charge on any atom is -0.380 e. The second-order valence-corrected chi connectivity index (χ2v) is 5.21. The van der Waals surface area contributed by atoms with Gasteiger partial charge in [-0.3, -0.25) is 5.01 Å². The van der Waals surface area contributed by atoms with Crippen molar-refractivity contribution in [2.75, 3.05) is 30.5 Å². The van der Waals surface area contributed by atoms with Crippen molar-refractivity contribution < 1.29 is 0 Å². The smallest absolute Gasteiger partial charge is 0.166 e. The number of pyridine rings is 1. The SMILES string of the molecule is CC(C)Nc1cccnc1N(C)N1CCCCC1. The molecule has 4 nitrogen and oxygen atoms in total. The Morgan fingerprint density at radius 3 is 2.67 bits per heavy atom. The van der Waals surface area contributed by atoms with E-state index in [0.717, 1.165) is 24.6 Å². The maximum Gasteiger partial charge on any atom is 0.166 e. The van der Waals surface area contributed by atoms with E-state index < -0.39 is 0 Å². The van der Waals surface area contributed by atoms with Crippen LogP contribution in [0.2, 0.25) is 0 Å². The fraction of sp³-hybridized carbons (Fsp3) is 0.643. The van der Waals surface area contributed by atoms with Crippen molar-refractivity contribution in [3.05, 3.63) is 18.3 Å². The number of hydrogen-bond acceptors (Lipinski definition) is 4. The van der Waals surface area contributed by atoms with Gasteiger partial charge in [-0.25, -0.2) is 9.99 Å². The fourth-order valence-corrected chi connectivity index (χ4v) is 2.39. The molecule has 0 atom stereocenters. The van der Waals surface area contributed by atoms with Crippen LogP contribution in [0.5, 0.6) is 0 Å². The van der Waals surface area contributed by atoms with Crippen molar-refractivity contribution in [3.63, 3.8) is 0 Å². The van der Waals surface area contributed by atoms with Crippen molar-refractivity contribution in [3.8, 4) is 0 Å². The molecule has 18 heavy (non-hydrogen) atoms. The molecule has 2 heterocycles. The first kappa shape index (κ1) is 13.1. The zero-order valence-corrected chi connectivity index (χ0v) is 11.7. The molecule has 1 saturated heterocycles. The minimum absolute atomic E-state index is 0.419. The predicted molar refractivity (Wildman–Crippen MR) is 76.8 cm³/mol. The summed E-state index contributed by atoms with van der Waals surface area (Å²) >= 11 is 0. The standard InChI is InChI=1S/C14H24N4/c1-12(2)16-13-8-7-9-15-14(13)17(3)18-10-5-4-6-11-18/h7-9,12,16H,4-6,10-11H2,1-3H3. The van der Waals surface area contributed by atoms with Crippen LogP contribution < -0.4 is 10.3 Å². The molecule has 0 unspecified atom stereocenters. The number of nitrogens with one attached hydrogen (secondary N) is 1. The van der Waals surface area contributed by atoms with Gasteiger partial charge < -0.3 is 5.32 Å². The molecule has 1 aliphatic heterocycles. The lowest BCUT2D eigenvalue weighted by Crippen LogP contribution is -2.44. The van der Waals surface area contributed by atoms with Crippen LogP contribution >= 0.6 is 0 Å². The number of rotatable bonds is 4. The van der Waals surface area contributed by atoms with E-state index in [4.69, 9.17) is 0 Å². The summed E-state index contributed by atoms with van der Waals surface area (Å²) in [6.45, 7) is 6.57. The lowest BCUT2D eigenvalue weighted by atomic mass is 10.2. The quantitative estimate of drug-likeness (QED) is 0.888. The third-order valence-electron chi connectivity index (χ3n) is 3.29. The highest BCUT2D eigenvalue weighted by atomic mass is 15.6. The van der Waals surface area contributed by atoms with E-state index in [1.807, 2.05) is 12.3 Å². The molecule has 0 spiro atoms. The van der Waals surface area contributed by atoms with E-state index in [9.17, 15) is 0 Å². The molecule has 1 aromatic heterocycles. The molecule has 100 valence electrons. The monoisotopic (exact) mass is 248 g/mol. The number of nitrogens with zero attached hydrogens (tertiary/aromatic N) is 3. The lowest BCUT2D eigenvalue weighted by molar-refractivity contribution is 0.219. The Labute approximate surface area is 110 Å². The zero-order valence-electron chi connectivity index (χ0n) is 11.7. The summed E-state index contributed by atoms with van der Waals surface area (Å²) in [5, 5.41) is 8.05. The van der Waals surface area contributed by atoms with Crippen LogP contribution in [0, 0.1) is 0 Å². The first-order valence-electron chi connectivity index (χ1n) is 6.88. The number of aromatic nitrogens is 1. The number of hydrazine groups is 1. The van der Waals surface area contributed by atoms with Crippen molar-refractivity contribution in [1.29, 1.82) is 0 Å². The molecule has 2 rings (SSSR count). The molecular formula is C14H24N4. The second-order valence-electron chi connectivity index (χ2n) is 5.21. The summed E-state index contributed by atoms with van der Waals surface area (Å²) in [6.07, 6.45) is 5.78. The van der Waals surface area contributed by atoms with Crippen LogP contribution in [0.1, 0.15) is 33.1 Å². The van der Waals surface area contributed by atoms with Gasteiger partial charge in [0.2, 0.25) is 0 Å². The summed E-state index contributed by atoms with van der Waals surface area (Å²) in [7, 11) is 2.11. The lowest BCUT2D eigenvalue weighted by Gasteiger charge is -2.36. The number of piperidine rings is 1. The summed E-state index contributed by atoms with van der Waals surface area (Å²) in [4.78, 5) is 4.53. The zero-order chi connectivity index (χ0) is 13.0. The topological polar surface area (TPSA) is 31.4 Å². The molecule has 0 aliphatic carbocycles. The third-order valence-corrected chi connectivity index (χ3v) is 3.29. The van der Waals surface area contributed by atoms with E-state index >= 15 is 0 Å². The average Bonchev–Trinajstić information content (AvgIpc) is 2.39. The predicted octanol–water partition coefficient (Wildman–Crippen LogP) is 2.74. The summed E-state index contributed by atoms with van der Waals surface area (Å²) < 4.78 is 0. The van der Waals surface area contributed by atoms with Crippen LogP contribution in [-0.4, -0.2) is 36.2 Å². The van der Waals surface area contributed by atoms with Crippen molar-refractivity contribution in [2.24, 2.45) is 0 Å². The molecule has 0 bridgehead atoms. The van der Waals surface area contributed by atoms with E-state index in [2.05, 4.69) is 47.3 Å². The average molecular weight is 248 g/mol. The van der Waals surface area contributed by atoms with Gasteiger partial charge in [-0.05, 0) is 38.8 Å². The van der Waals surface area contributed by atoms with Gasteiger partial charge in [0.15, 0.2) is 5.82 Å². The first-order chi connectivity index (χ1) is 8.68. The molecule has 0 aromatic carbocycles. The van der Waals surface area contributed by atoms with Crippen LogP contribution in [0.3, 0.4) is 0 Å². The third kappa shape index (κ3) is 3.13. The van der Waals surface area contributed by atoms with Crippen LogP contribution in [0.4, 0.5) is 11.5 Å². The Hall–Kier alpha value is -1.29. The highest BCUT2D eigenvalue weighted by Crippen LogP contribution is 2.25. The Morgan fingerprint density at radius 1 is 1.28 bits per heavy atom. The van der Waals surface area contributed by atoms with Crippen molar-refractivity contribution in [2.45, 2.75) is 39.2 Å². The van der Waals surface area contributed by atoms with Crippen molar-refractivity contribution in [1.82, 2.24) is 9.99 Å². The van der Waals surface area contributed by atoms with Gasteiger partial charge in [0.05, 0.1) is 5.69 Å². The molecule has 0 saturated carbocycles. The largest absolute Gasteiger partial charge is 0.380 e. The van der Waals surface area contributed by atoms with Gasteiger partial charge in [-0.15, -0.1) is 0 Å². The van der Waals surface area contributed by atoms with E-state index in [1.165, 1.54) is 19.3 Å². The maximum absolute atomic E-state index is 4.53. The van der Waals surface area contributed by atoms with Gasteiger partial charge in [0, 0.05) is 32.4 Å². The molecule has 0 radical (unpaired) electrons. The second kappa shape index (κ2) is 6.05. The molecule has 1 aromatic rings. The van der Waals surface area contributed by atoms with Gasteiger partial charge >= 0.3 is 0 Å². The summed E-state index contributed by atoms with van der Waals surface area (Å²) in [5.41, 5.74) is 1.11. The fourth-order valence-electron chi connectivity index (χ4n) is 2.39. The Bertz CT molecular complexity index is 372. The highest BCUT2D eigenvalue weighted by molar-refractivity contribution is 5.64. The van der Waals surface area contributed by atoms with Gasteiger partial charge in [-0.1, -0.05) is 6.42 Å². The van der Waals surface area contributed by atoms with Crippen molar-refractivity contribution >= 4 is 11.5 Å². The summed E-state index contributed by atoms with van der Waals surface area (Å²) in [6, 6.07) is 4.50. The molecule has 1 aliphatic rings.